The monoisotopic (exact) mass is 575 g/mol. The summed E-state index contributed by atoms with van der Waals surface area (Å²) in [6, 6.07) is 51.6. The number of aromatic nitrogens is 5. The Hall–Kier alpha value is -6.20. The lowest BCUT2D eigenvalue weighted by Gasteiger charge is -2.11. The standard InChI is InChI=1S/C40H25N5/c1-3-12-26(13-4-1)43-32-18-9-7-16-29(32)31-24-28(21-22-34(31)43)45-33-19-10-8-17-30(33)38-36(45)25-37-40(42-38)39-35(20-11-23-41-39)44(37)27-14-5-2-6-15-27/h1-25H. The van der Waals surface area contributed by atoms with Crippen LogP contribution in [0.3, 0.4) is 0 Å². The predicted molar refractivity (Wildman–Crippen MR) is 185 cm³/mol. The van der Waals surface area contributed by atoms with Crippen molar-refractivity contribution >= 4 is 65.8 Å². The molecule has 0 radical (unpaired) electrons. The van der Waals surface area contributed by atoms with Gasteiger partial charge in [-0.2, -0.15) is 0 Å². The molecule has 0 N–H and O–H groups in total. The molecule has 0 aliphatic heterocycles. The largest absolute Gasteiger partial charge is 0.309 e. The van der Waals surface area contributed by atoms with Crippen molar-refractivity contribution in [2.75, 3.05) is 0 Å². The van der Waals surface area contributed by atoms with Crippen molar-refractivity contribution in [2.45, 2.75) is 0 Å². The van der Waals surface area contributed by atoms with Gasteiger partial charge >= 0.3 is 0 Å². The first-order valence-corrected chi connectivity index (χ1v) is 15.2. The number of hydrogen-bond acceptors (Lipinski definition) is 2. The molecule has 5 heterocycles. The van der Waals surface area contributed by atoms with Crippen molar-refractivity contribution in [3.05, 3.63) is 152 Å². The van der Waals surface area contributed by atoms with E-state index < -0.39 is 0 Å². The molecule has 10 rings (SSSR count). The molecule has 0 saturated carbocycles. The Balaban J connectivity index is 1.32. The van der Waals surface area contributed by atoms with E-state index in [0.29, 0.717) is 0 Å². The SMILES string of the molecule is c1ccc(-n2c3ccccc3c3cc(-n4c5ccccc5c5nc6c7ncccc7n(-c7ccccc7)c6cc54)ccc32)cc1. The van der Waals surface area contributed by atoms with Crippen molar-refractivity contribution in [1.82, 2.24) is 23.7 Å². The highest BCUT2D eigenvalue weighted by Crippen LogP contribution is 2.39. The van der Waals surface area contributed by atoms with Crippen molar-refractivity contribution in [3.8, 4) is 17.1 Å². The van der Waals surface area contributed by atoms with Crippen molar-refractivity contribution in [2.24, 2.45) is 0 Å². The lowest BCUT2D eigenvalue weighted by atomic mass is 10.1. The molecule has 5 aromatic carbocycles. The van der Waals surface area contributed by atoms with Gasteiger partial charge in [0.25, 0.3) is 0 Å². The number of para-hydroxylation sites is 4. The molecule has 210 valence electrons. The Morgan fingerprint density at radius 2 is 0.889 bits per heavy atom. The van der Waals surface area contributed by atoms with Crippen LogP contribution in [0.4, 0.5) is 0 Å². The van der Waals surface area contributed by atoms with Gasteiger partial charge < -0.3 is 13.7 Å². The van der Waals surface area contributed by atoms with Crippen LogP contribution >= 0.6 is 0 Å². The molecule has 0 aliphatic rings. The van der Waals surface area contributed by atoms with E-state index in [4.69, 9.17) is 9.97 Å². The third-order valence-corrected chi connectivity index (χ3v) is 9.06. The maximum atomic E-state index is 5.37. The minimum absolute atomic E-state index is 0.908. The lowest BCUT2D eigenvalue weighted by Crippen LogP contribution is -1.97. The van der Waals surface area contributed by atoms with Crippen molar-refractivity contribution < 1.29 is 0 Å². The summed E-state index contributed by atoms with van der Waals surface area (Å²) < 4.78 is 7.01. The molecule has 5 aromatic heterocycles. The Labute approximate surface area is 257 Å². The van der Waals surface area contributed by atoms with Crippen LogP contribution in [0.15, 0.2) is 152 Å². The molecule has 0 unspecified atom stereocenters. The van der Waals surface area contributed by atoms with Crippen LogP contribution in [0.25, 0.3) is 82.9 Å². The van der Waals surface area contributed by atoms with E-state index in [1.54, 1.807) is 0 Å². The molecule has 0 bridgehead atoms. The number of benzene rings is 5. The van der Waals surface area contributed by atoms with Gasteiger partial charge in [0, 0.05) is 39.4 Å². The number of rotatable bonds is 3. The quantitative estimate of drug-likeness (QED) is 0.210. The number of pyridine rings is 2. The number of hydrogen-bond donors (Lipinski definition) is 0. The number of nitrogens with zero attached hydrogens (tertiary/aromatic N) is 5. The average molecular weight is 576 g/mol. The topological polar surface area (TPSA) is 40.6 Å². The third kappa shape index (κ3) is 3.38. The number of fused-ring (bicyclic) bond motifs is 9. The fourth-order valence-corrected chi connectivity index (χ4v) is 7.18. The smallest absolute Gasteiger partial charge is 0.116 e. The van der Waals surface area contributed by atoms with Gasteiger partial charge in [0.1, 0.15) is 11.0 Å². The fourth-order valence-electron chi connectivity index (χ4n) is 7.18. The van der Waals surface area contributed by atoms with E-state index in [2.05, 4.69) is 153 Å². The summed E-state index contributed by atoms with van der Waals surface area (Å²) in [5.41, 5.74) is 12.8. The molecule has 45 heavy (non-hydrogen) atoms. The van der Waals surface area contributed by atoms with Gasteiger partial charge in [-0.15, -0.1) is 0 Å². The first-order chi connectivity index (χ1) is 22.3. The van der Waals surface area contributed by atoms with E-state index in [0.717, 1.165) is 61.1 Å². The molecule has 0 aliphatic carbocycles. The molecule has 0 fully saturated rings. The highest BCUT2D eigenvalue weighted by molar-refractivity contribution is 6.15. The molecular formula is C40H25N5. The second kappa shape index (κ2) is 9.15. The van der Waals surface area contributed by atoms with Gasteiger partial charge in [0.15, 0.2) is 0 Å². The highest BCUT2D eigenvalue weighted by Gasteiger charge is 2.21. The second-order valence-electron chi connectivity index (χ2n) is 11.5. The maximum Gasteiger partial charge on any atom is 0.116 e. The molecule has 5 heteroatoms. The van der Waals surface area contributed by atoms with Gasteiger partial charge in [0.2, 0.25) is 0 Å². The van der Waals surface area contributed by atoms with Crippen molar-refractivity contribution in [1.29, 1.82) is 0 Å². The van der Waals surface area contributed by atoms with Crippen LogP contribution in [-0.2, 0) is 0 Å². The van der Waals surface area contributed by atoms with Crippen LogP contribution in [0.2, 0.25) is 0 Å². The van der Waals surface area contributed by atoms with E-state index >= 15 is 0 Å². The van der Waals surface area contributed by atoms with Gasteiger partial charge in [0.05, 0.1) is 38.6 Å². The van der Waals surface area contributed by atoms with Gasteiger partial charge in [-0.3, -0.25) is 4.98 Å². The van der Waals surface area contributed by atoms with E-state index in [-0.39, 0.29) is 0 Å². The third-order valence-electron chi connectivity index (χ3n) is 9.06. The molecule has 0 spiro atoms. The summed E-state index contributed by atoms with van der Waals surface area (Å²) in [6.07, 6.45) is 1.85. The van der Waals surface area contributed by atoms with Gasteiger partial charge in [-0.1, -0.05) is 72.8 Å². The molecular weight excluding hydrogens is 550 g/mol. The summed E-state index contributed by atoms with van der Waals surface area (Å²) in [5, 5.41) is 3.57. The minimum Gasteiger partial charge on any atom is -0.309 e. The molecule has 0 saturated heterocycles. The van der Waals surface area contributed by atoms with Gasteiger partial charge in [-0.05, 0) is 72.8 Å². The summed E-state index contributed by atoms with van der Waals surface area (Å²) in [4.78, 5) is 10.2. The van der Waals surface area contributed by atoms with E-state index in [9.17, 15) is 0 Å². The Bertz CT molecular complexity index is 2750. The fraction of sp³-hybridized carbons (Fsp3) is 0. The second-order valence-corrected chi connectivity index (χ2v) is 11.5. The normalized spacial score (nSPS) is 12.0. The predicted octanol–water partition coefficient (Wildman–Crippen LogP) is 9.77. The van der Waals surface area contributed by atoms with Crippen LogP contribution in [-0.4, -0.2) is 23.7 Å². The summed E-state index contributed by atoms with van der Waals surface area (Å²) in [7, 11) is 0. The first-order valence-electron chi connectivity index (χ1n) is 15.2. The van der Waals surface area contributed by atoms with Crippen molar-refractivity contribution in [3.63, 3.8) is 0 Å². The zero-order valence-electron chi connectivity index (χ0n) is 24.2. The van der Waals surface area contributed by atoms with E-state index in [1.165, 1.54) is 21.8 Å². The van der Waals surface area contributed by atoms with Crippen LogP contribution in [0.5, 0.6) is 0 Å². The molecule has 0 amide bonds. The Morgan fingerprint density at radius 1 is 0.333 bits per heavy atom. The van der Waals surface area contributed by atoms with Crippen LogP contribution < -0.4 is 0 Å². The lowest BCUT2D eigenvalue weighted by molar-refractivity contribution is 1.16. The minimum atomic E-state index is 0.908. The summed E-state index contributed by atoms with van der Waals surface area (Å²) >= 11 is 0. The Morgan fingerprint density at radius 3 is 1.64 bits per heavy atom. The summed E-state index contributed by atoms with van der Waals surface area (Å²) in [5.74, 6) is 0. The first kappa shape index (κ1) is 24.3. The zero-order valence-corrected chi connectivity index (χ0v) is 24.2. The molecule has 10 aromatic rings. The summed E-state index contributed by atoms with van der Waals surface area (Å²) in [6.45, 7) is 0. The Kier molecular flexibility index (Phi) is 4.93. The van der Waals surface area contributed by atoms with E-state index in [1.807, 2.05) is 12.3 Å². The van der Waals surface area contributed by atoms with Crippen LogP contribution in [0.1, 0.15) is 0 Å². The molecule has 5 nitrogen and oxygen atoms in total. The molecule has 0 atom stereocenters. The van der Waals surface area contributed by atoms with Crippen LogP contribution in [0, 0.1) is 0 Å². The maximum absolute atomic E-state index is 5.37. The average Bonchev–Trinajstić information content (AvgIpc) is 3.73. The van der Waals surface area contributed by atoms with Gasteiger partial charge in [-0.25, -0.2) is 4.98 Å². The highest BCUT2D eigenvalue weighted by atomic mass is 15.0. The zero-order chi connectivity index (χ0) is 29.5.